The lowest BCUT2D eigenvalue weighted by Gasteiger charge is -2.40. The molecule has 3 aliphatic carbocycles. The quantitative estimate of drug-likeness (QED) is 0.890. The lowest BCUT2D eigenvalue weighted by Crippen LogP contribution is -2.46. The number of thioether (sulfide) groups is 1. The van der Waals surface area contributed by atoms with Gasteiger partial charge in [0, 0.05) is 9.64 Å². The Morgan fingerprint density at radius 3 is 2.44 bits per heavy atom. The van der Waals surface area contributed by atoms with E-state index < -0.39 is 0 Å². The molecule has 1 N–H and O–H groups in total. The summed E-state index contributed by atoms with van der Waals surface area (Å²) in [6, 6.07) is 10.6. The summed E-state index contributed by atoms with van der Waals surface area (Å²) in [4.78, 5) is 1.33. The van der Waals surface area contributed by atoms with Crippen LogP contribution in [-0.2, 0) is 0 Å². The van der Waals surface area contributed by atoms with Crippen molar-refractivity contribution in [3.8, 4) is 0 Å². The highest BCUT2D eigenvalue weighted by atomic mass is 32.2. The SMILES string of the molecule is O[C@@]1(C2(Sc3ccccc3)CC2)C[C@@H]2CC[C@H]1C2. The van der Waals surface area contributed by atoms with Crippen molar-refractivity contribution in [3.05, 3.63) is 30.3 Å². The van der Waals surface area contributed by atoms with Gasteiger partial charge in [-0.2, -0.15) is 0 Å². The van der Waals surface area contributed by atoms with Crippen molar-refractivity contribution in [1.29, 1.82) is 0 Å². The van der Waals surface area contributed by atoms with Gasteiger partial charge in [0.15, 0.2) is 0 Å². The lowest BCUT2D eigenvalue weighted by molar-refractivity contribution is -0.0217. The predicted octanol–water partition coefficient (Wildman–Crippen LogP) is 3.86. The van der Waals surface area contributed by atoms with Crippen molar-refractivity contribution >= 4 is 11.8 Å². The number of fused-ring (bicyclic) bond motifs is 2. The highest BCUT2D eigenvalue weighted by Crippen LogP contribution is 2.67. The summed E-state index contributed by atoms with van der Waals surface area (Å²) >= 11 is 1.94. The Bertz CT molecular complexity index is 453. The van der Waals surface area contributed by atoms with Gasteiger partial charge in [0.2, 0.25) is 0 Å². The van der Waals surface area contributed by atoms with Crippen molar-refractivity contribution in [1.82, 2.24) is 0 Å². The molecule has 96 valence electrons. The van der Waals surface area contributed by atoms with Crippen molar-refractivity contribution in [2.75, 3.05) is 0 Å². The molecule has 2 heteroatoms. The van der Waals surface area contributed by atoms with Crippen LogP contribution in [-0.4, -0.2) is 15.5 Å². The van der Waals surface area contributed by atoms with Gasteiger partial charge < -0.3 is 5.11 Å². The van der Waals surface area contributed by atoms with Crippen LogP contribution in [0.4, 0.5) is 0 Å². The van der Waals surface area contributed by atoms with E-state index in [1.165, 1.54) is 37.0 Å². The maximum Gasteiger partial charge on any atom is 0.0827 e. The van der Waals surface area contributed by atoms with Gasteiger partial charge in [0.1, 0.15) is 0 Å². The maximum atomic E-state index is 11.2. The van der Waals surface area contributed by atoms with Crippen LogP contribution in [0.15, 0.2) is 35.2 Å². The zero-order valence-electron chi connectivity index (χ0n) is 10.6. The molecule has 3 saturated carbocycles. The van der Waals surface area contributed by atoms with Gasteiger partial charge in [0.05, 0.1) is 5.60 Å². The molecule has 0 amide bonds. The third kappa shape index (κ3) is 1.51. The first-order chi connectivity index (χ1) is 8.72. The molecule has 3 atom stereocenters. The van der Waals surface area contributed by atoms with Crippen LogP contribution in [0.5, 0.6) is 0 Å². The summed E-state index contributed by atoms with van der Waals surface area (Å²) < 4.78 is 0.147. The minimum atomic E-state index is -0.365. The van der Waals surface area contributed by atoms with Crippen LogP contribution in [0.3, 0.4) is 0 Å². The van der Waals surface area contributed by atoms with Crippen LogP contribution >= 0.6 is 11.8 Å². The fourth-order valence-electron chi connectivity index (χ4n) is 4.31. The van der Waals surface area contributed by atoms with Crippen molar-refractivity contribution in [2.24, 2.45) is 11.8 Å². The summed E-state index contributed by atoms with van der Waals surface area (Å²) in [5.74, 6) is 1.40. The second-order valence-electron chi connectivity index (χ2n) is 6.41. The van der Waals surface area contributed by atoms with Crippen LogP contribution in [0, 0.1) is 11.8 Å². The maximum absolute atomic E-state index is 11.2. The molecule has 18 heavy (non-hydrogen) atoms. The molecule has 4 rings (SSSR count). The fraction of sp³-hybridized carbons (Fsp3) is 0.625. The molecule has 0 aliphatic heterocycles. The van der Waals surface area contributed by atoms with Gasteiger partial charge in [-0.15, -0.1) is 11.8 Å². The highest BCUT2D eigenvalue weighted by Gasteiger charge is 2.66. The molecule has 0 saturated heterocycles. The second-order valence-corrected chi connectivity index (χ2v) is 7.87. The van der Waals surface area contributed by atoms with Gasteiger partial charge >= 0.3 is 0 Å². The Balaban J connectivity index is 1.60. The largest absolute Gasteiger partial charge is 0.388 e. The van der Waals surface area contributed by atoms with Gasteiger partial charge in [0.25, 0.3) is 0 Å². The molecule has 3 aliphatic rings. The molecule has 2 bridgehead atoms. The summed E-state index contributed by atoms with van der Waals surface area (Å²) in [6.45, 7) is 0. The Kier molecular flexibility index (Phi) is 2.38. The Labute approximate surface area is 113 Å². The molecular weight excluding hydrogens is 240 g/mol. The summed E-state index contributed by atoms with van der Waals surface area (Å²) in [5, 5.41) is 11.2. The Hall–Kier alpha value is -0.470. The first-order valence-electron chi connectivity index (χ1n) is 7.18. The Morgan fingerprint density at radius 2 is 1.89 bits per heavy atom. The van der Waals surface area contributed by atoms with Crippen LogP contribution in [0.2, 0.25) is 0 Å². The molecule has 3 fully saturated rings. The van der Waals surface area contributed by atoms with Gasteiger partial charge in [-0.3, -0.25) is 0 Å². The standard InChI is InChI=1S/C16H20OS/c17-16(11-12-6-7-13(16)10-12)15(8-9-15)18-14-4-2-1-3-5-14/h1-5,12-13,17H,6-11H2/t12-,13+,16+/m1/s1. The van der Waals surface area contributed by atoms with Crippen LogP contribution < -0.4 is 0 Å². The van der Waals surface area contributed by atoms with E-state index in [-0.39, 0.29) is 10.3 Å². The van der Waals surface area contributed by atoms with Crippen molar-refractivity contribution in [2.45, 2.75) is 53.8 Å². The number of aliphatic hydroxyl groups is 1. The van der Waals surface area contributed by atoms with Crippen LogP contribution in [0.1, 0.15) is 38.5 Å². The lowest BCUT2D eigenvalue weighted by atomic mass is 9.80. The Morgan fingerprint density at radius 1 is 1.11 bits per heavy atom. The molecule has 0 radical (unpaired) electrons. The van der Waals surface area contributed by atoms with E-state index in [1.807, 2.05) is 11.8 Å². The smallest absolute Gasteiger partial charge is 0.0827 e. The fourth-order valence-corrected chi connectivity index (χ4v) is 5.79. The first kappa shape index (κ1) is 11.4. The third-order valence-electron chi connectivity index (χ3n) is 5.37. The number of hydrogen-bond acceptors (Lipinski definition) is 2. The van der Waals surface area contributed by atoms with Crippen molar-refractivity contribution in [3.63, 3.8) is 0 Å². The minimum Gasteiger partial charge on any atom is -0.388 e. The molecule has 1 nitrogen and oxygen atoms in total. The highest BCUT2D eigenvalue weighted by molar-refractivity contribution is 8.01. The minimum absolute atomic E-state index is 0.147. The average Bonchev–Trinajstić information content (AvgIpc) is 2.91. The van der Waals surface area contributed by atoms with E-state index in [0.717, 1.165) is 12.3 Å². The van der Waals surface area contributed by atoms with Crippen molar-refractivity contribution < 1.29 is 5.11 Å². The summed E-state index contributed by atoms with van der Waals surface area (Å²) in [5.41, 5.74) is -0.365. The molecule has 0 spiro atoms. The van der Waals surface area contributed by atoms with E-state index in [9.17, 15) is 5.11 Å². The zero-order valence-corrected chi connectivity index (χ0v) is 11.5. The number of hydrogen-bond donors (Lipinski definition) is 1. The normalized spacial score (nSPS) is 40.1. The second kappa shape index (κ2) is 3.77. The number of benzene rings is 1. The van der Waals surface area contributed by atoms with E-state index in [4.69, 9.17) is 0 Å². The van der Waals surface area contributed by atoms with E-state index in [2.05, 4.69) is 30.3 Å². The molecule has 1 aromatic rings. The molecular formula is C16H20OS. The zero-order chi connectivity index (χ0) is 12.2. The van der Waals surface area contributed by atoms with E-state index >= 15 is 0 Å². The summed E-state index contributed by atoms with van der Waals surface area (Å²) in [6.07, 6.45) is 7.38. The third-order valence-corrected chi connectivity index (χ3v) is 7.03. The van der Waals surface area contributed by atoms with E-state index in [1.54, 1.807) is 0 Å². The topological polar surface area (TPSA) is 20.2 Å². The molecule has 0 unspecified atom stereocenters. The summed E-state index contributed by atoms with van der Waals surface area (Å²) in [7, 11) is 0. The van der Waals surface area contributed by atoms with E-state index in [0.29, 0.717) is 5.92 Å². The predicted molar refractivity (Wildman–Crippen MR) is 74.7 cm³/mol. The van der Waals surface area contributed by atoms with Crippen LogP contribution in [0.25, 0.3) is 0 Å². The average molecular weight is 260 g/mol. The molecule has 1 aromatic carbocycles. The van der Waals surface area contributed by atoms with Gasteiger partial charge in [-0.25, -0.2) is 0 Å². The number of rotatable bonds is 3. The molecule has 0 heterocycles. The van der Waals surface area contributed by atoms with Gasteiger partial charge in [-0.05, 0) is 62.5 Å². The first-order valence-corrected chi connectivity index (χ1v) is 8.00. The van der Waals surface area contributed by atoms with Gasteiger partial charge in [-0.1, -0.05) is 18.2 Å². The molecule has 0 aromatic heterocycles. The monoisotopic (exact) mass is 260 g/mol.